The molecule has 2 heterocycles. The molecule has 0 aromatic heterocycles. The summed E-state index contributed by atoms with van der Waals surface area (Å²) in [6.45, 7) is 2.78. The minimum absolute atomic E-state index is 0.214. The number of aliphatic hydroxyl groups is 8. The molecule has 2 saturated heterocycles. The maximum absolute atomic E-state index is 13.3. The number of rotatable bonds is 58. The summed E-state index contributed by atoms with van der Waals surface area (Å²) in [5, 5.41) is 87.5. The molecule has 12 unspecified atom stereocenters. The molecule has 12 atom stereocenters. The third kappa shape index (κ3) is 39.3. The first-order chi connectivity index (χ1) is 41.1. The fourth-order valence-electron chi connectivity index (χ4n) is 11.8. The van der Waals surface area contributed by atoms with Crippen LogP contribution in [0.15, 0.2) is 36.5 Å². The molecule has 0 aromatic carbocycles. The Kier molecular flexibility index (Phi) is 51.5. The molecule has 494 valence electrons. The van der Waals surface area contributed by atoms with E-state index in [0.717, 1.165) is 77.0 Å². The van der Waals surface area contributed by atoms with Crippen LogP contribution in [0.5, 0.6) is 0 Å². The molecule has 0 aromatic rings. The summed E-state index contributed by atoms with van der Waals surface area (Å²) in [5.41, 5.74) is 0. The van der Waals surface area contributed by atoms with Crippen molar-refractivity contribution < 1.29 is 64.6 Å². The minimum atomic E-state index is -1.78. The van der Waals surface area contributed by atoms with Gasteiger partial charge < -0.3 is 65.1 Å². The van der Waals surface area contributed by atoms with Gasteiger partial charge in [-0.3, -0.25) is 4.79 Å². The first-order valence-corrected chi connectivity index (χ1v) is 35.2. The topological polar surface area (TPSA) is 228 Å². The summed E-state index contributed by atoms with van der Waals surface area (Å²) >= 11 is 0. The lowest BCUT2D eigenvalue weighted by molar-refractivity contribution is -0.359. The van der Waals surface area contributed by atoms with Gasteiger partial charge in [0, 0.05) is 6.42 Å². The Labute approximate surface area is 512 Å². The van der Waals surface area contributed by atoms with Gasteiger partial charge in [-0.05, 0) is 44.9 Å². The first kappa shape index (κ1) is 78.3. The second-order valence-electron chi connectivity index (χ2n) is 25.0. The molecule has 14 heteroatoms. The minimum Gasteiger partial charge on any atom is -0.394 e. The molecule has 0 bridgehead atoms. The number of aliphatic hydroxyl groups excluding tert-OH is 8. The zero-order chi connectivity index (χ0) is 60.9. The van der Waals surface area contributed by atoms with Gasteiger partial charge in [-0.25, -0.2) is 0 Å². The van der Waals surface area contributed by atoms with Gasteiger partial charge in [0.05, 0.1) is 32.0 Å². The van der Waals surface area contributed by atoms with E-state index >= 15 is 0 Å². The summed E-state index contributed by atoms with van der Waals surface area (Å²) in [5.74, 6) is -0.214. The van der Waals surface area contributed by atoms with Crippen LogP contribution in [0.4, 0.5) is 0 Å². The lowest BCUT2D eigenvalue weighted by Crippen LogP contribution is -2.65. The summed E-state index contributed by atoms with van der Waals surface area (Å²) < 4.78 is 22.9. The number of unbranched alkanes of at least 4 members (excludes halogenated alkanes) is 39. The Balaban J connectivity index is 1.62. The number of allylic oxidation sites excluding steroid dienone is 6. The smallest absolute Gasteiger partial charge is 0.220 e. The number of carbonyl (C=O) groups is 1. The Hall–Kier alpha value is -1.79. The standard InChI is InChI=1S/C70H131NO13/c1-3-5-7-9-11-13-15-17-19-21-22-23-24-25-26-27-28-29-30-31-32-33-34-35-36-38-39-41-43-45-47-49-51-53-59(74)58(71-62(75)54-52-50-48-46-44-42-40-37-20-18-16-14-12-10-8-6-4-2)57-81-69-67(80)65(78)68(61(56-73)83-69)84-70-66(79)64(77)63(76)60(55-72)82-70/h6,8,12,14,18,20,58-61,63-70,72-74,76-80H,3-5,7,9-11,13,15-17,19,21-57H2,1-2H3,(H,71,75)/b8-6-,14-12-,20-18-. The molecular weight excluding hydrogens is 1060 g/mol. The first-order valence-electron chi connectivity index (χ1n) is 35.2. The Morgan fingerprint density at radius 3 is 1.26 bits per heavy atom. The molecule has 0 radical (unpaired) electrons. The van der Waals surface area contributed by atoms with E-state index in [1.807, 2.05) is 0 Å². The van der Waals surface area contributed by atoms with Crippen LogP contribution >= 0.6 is 0 Å². The summed E-state index contributed by atoms with van der Waals surface area (Å²) in [7, 11) is 0. The van der Waals surface area contributed by atoms with Crippen LogP contribution in [0, 0.1) is 0 Å². The van der Waals surface area contributed by atoms with Crippen molar-refractivity contribution in [3.8, 4) is 0 Å². The van der Waals surface area contributed by atoms with E-state index in [1.165, 1.54) is 199 Å². The maximum Gasteiger partial charge on any atom is 0.220 e. The highest BCUT2D eigenvalue weighted by Crippen LogP contribution is 2.30. The van der Waals surface area contributed by atoms with E-state index in [2.05, 4.69) is 55.6 Å². The van der Waals surface area contributed by atoms with E-state index in [0.29, 0.717) is 19.3 Å². The number of amides is 1. The van der Waals surface area contributed by atoms with Crippen LogP contribution in [0.1, 0.15) is 309 Å². The van der Waals surface area contributed by atoms with Crippen LogP contribution in [0.3, 0.4) is 0 Å². The number of ether oxygens (including phenoxy) is 4. The second-order valence-corrected chi connectivity index (χ2v) is 25.0. The quantitative estimate of drug-likeness (QED) is 0.0204. The highest BCUT2D eigenvalue weighted by molar-refractivity contribution is 5.76. The molecule has 9 N–H and O–H groups in total. The summed E-state index contributed by atoms with van der Waals surface area (Å²) in [6, 6.07) is -0.836. The predicted octanol–water partition coefficient (Wildman–Crippen LogP) is 14.1. The van der Waals surface area contributed by atoms with Crippen molar-refractivity contribution >= 4 is 5.91 Å². The number of hydrogen-bond acceptors (Lipinski definition) is 13. The molecule has 0 spiro atoms. The molecule has 2 aliphatic rings. The van der Waals surface area contributed by atoms with Gasteiger partial charge in [-0.15, -0.1) is 0 Å². The zero-order valence-corrected chi connectivity index (χ0v) is 53.7. The predicted molar refractivity (Wildman–Crippen MR) is 341 cm³/mol. The third-order valence-corrected chi connectivity index (χ3v) is 17.4. The monoisotopic (exact) mass is 1190 g/mol. The van der Waals surface area contributed by atoms with Crippen molar-refractivity contribution in [2.24, 2.45) is 0 Å². The average Bonchev–Trinajstić information content (AvgIpc) is 3.18. The van der Waals surface area contributed by atoms with Gasteiger partial charge in [0.25, 0.3) is 0 Å². The molecular formula is C70H131NO13. The fraction of sp³-hybridized carbons (Fsp3) is 0.900. The number of hydrogen-bond donors (Lipinski definition) is 9. The third-order valence-electron chi connectivity index (χ3n) is 17.4. The van der Waals surface area contributed by atoms with Gasteiger partial charge in [0.1, 0.15) is 48.8 Å². The van der Waals surface area contributed by atoms with Gasteiger partial charge in [-0.1, -0.05) is 294 Å². The van der Waals surface area contributed by atoms with Crippen LogP contribution in [0.25, 0.3) is 0 Å². The van der Waals surface area contributed by atoms with Crippen molar-refractivity contribution in [3.63, 3.8) is 0 Å². The Bertz CT molecular complexity index is 1550. The molecule has 2 aliphatic heterocycles. The van der Waals surface area contributed by atoms with Gasteiger partial charge in [-0.2, -0.15) is 0 Å². The van der Waals surface area contributed by atoms with Crippen molar-refractivity contribution in [2.45, 2.75) is 383 Å². The SMILES string of the molecule is CC/C=C\C/C=C\C/C=C\CCCCCCCCCC(=O)NC(COC1OC(CO)C(OC2OC(CO)C(O)C(O)C2O)C(O)C1O)C(O)CCCCCCCCCCCCCCCCCCCCCCCCCCCCCCCCCCC. The molecule has 2 fully saturated rings. The van der Waals surface area contributed by atoms with E-state index in [4.69, 9.17) is 18.9 Å². The van der Waals surface area contributed by atoms with Gasteiger partial charge in [0.15, 0.2) is 12.6 Å². The number of nitrogens with one attached hydrogen (secondary N) is 1. The molecule has 84 heavy (non-hydrogen) atoms. The highest BCUT2D eigenvalue weighted by Gasteiger charge is 2.51. The van der Waals surface area contributed by atoms with Gasteiger partial charge in [0.2, 0.25) is 5.91 Å². The van der Waals surface area contributed by atoms with E-state index in [9.17, 15) is 45.6 Å². The van der Waals surface area contributed by atoms with E-state index < -0.39 is 86.8 Å². The van der Waals surface area contributed by atoms with Crippen molar-refractivity contribution in [3.05, 3.63) is 36.5 Å². The van der Waals surface area contributed by atoms with E-state index in [-0.39, 0.29) is 12.5 Å². The second kappa shape index (κ2) is 55.3. The summed E-state index contributed by atoms with van der Waals surface area (Å²) in [4.78, 5) is 13.3. The van der Waals surface area contributed by atoms with Crippen LogP contribution in [0.2, 0.25) is 0 Å². The van der Waals surface area contributed by atoms with Crippen LogP contribution < -0.4 is 5.32 Å². The zero-order valence-electron chi connectivity index (χ0n) is 53.7. The highest BCUT2D eigenvalue weighted by atomic mass is 16.7. The Morgan fingerprint density at radius 2 is 0.821 bits per heavy atom. The fourth-order valence-corrected chi connectivity index (χ4v) is 11.8. The molecule has 14 nitrogen and oxygen atoms in total. The van der Waals surface area contributed by atoms with Crippen LogP contribution in [-0.2, 0) is 23.7 Å². The van der Waals surface area contributed by atoms with Crippen molar-refractivity contribution in [1.29, 1.82) is 0 Å². The van der Waals surface area contributed by atoms with Crippen molar-refractivity contribution in [1.82, 2.24) is 5.32 Å². The lowest BCUT2D eigenvalue weighted by Gasteiger charge is -2.46. The largest absolute Gasteiger partial charge is 0.394 e. The molecule has 0 aliphatic carbocycles. The number of carbonyl (C=O) groups excluding carboxylic acids is 1. The molecule has 1 amide bonds. The molecule has 2 rings (SSSR count). The lowest BCUT2D eigenvalue weighted by atomic mass is 9.97. The summed E-state index contributed by atoms with van der Waals surface area (Å²) in [6.07, 6.45) is 53.2. The maximum atomic E-state index is 13.3. The van der Waals surface area contributed by atoms with E-state index in [1.54, 1.807) is 0 Å². The van der Waals surface area contributed by atoms with Gasteiger partial charge >= 0.3 is 0 Å². The Morgan fingerprint density at radius 1 is 0.440 bits per heavy atom. The molecule has 0 saturated carbocycles. The average molecular weight is 1190 g/mol. The normalized spacial score (nSPS) is 23.8. The van der Waals surface area contributed by atoms with Crippen LogP contribution in [-0.4, -0.2) is 140 Å². The van der Waals surface area contributed by atoms with Crippen molar-refractivity contribution in [2.75, 3.05) is 19.8 Å².